The van der Waals surface area contributed by atoms with Gasteiger partial charge in [-0.15, -0.1) is 0 Å². The molecule has 2 aromatic rings. The lowest BCUT2D eigenvalue weighted by Crippen LogP contribution is -2.60. The van der Waals surface area contributed by atoms with E-state index in [2.05, 4.69) is 10.6 Å². The molecule has 1 amide bonds. The number of aryl methyl sites for hydroxylation is 1. The van der Waals surface area contributed by atoms with Gasteiger partial charge in [0.05, 0.1) is 17.9 Å². The van der Waals surface area contributed by atoms with E-state index in [1.54, 1.807) is 17.0 Å². The van der Waals surface area contributed by atoms with Crippen LogP contribution >= 0.6 is 0 Å². The number of aliphatic hydroxyl groups excluding tert-OH is 1. The Morgan fingerprint density at radius 3 is 2.54 bits per heavy atom. The summed E-state index contributed by atoms with van der Waals surface area (Å²) in [5, 5.41) is 14.7. The minimum absolute atomic E-state index is 0.0260. The second-order valence-corrected chi connectivity index (χ2v) is 6.36. The SMILES string of the molecule is Cc1ccc(Nc2c(C(=O)N3CC(NCCO)C3)ccc(F)c2F)cc1. The number of amides is 1. The van der Waals surface area contributed by atoms with E-state index >= 15 is 0 Å². The molecule has 26 heavy (non-hydrogen) atoms. The zero-order chi connectivity index (χ0) is 18.7. The van der Waals surface area contributed by atoms with Crippen LogP contribution in [0, 0.1) is 18.6 Å². The molecule has 0 spiro atoms. The first-order chi connectivity index (χ1) is 12.5. The number of nitrogens with one attached hydrogen (secondary N) is 2. The van der Waals surface area contributed by atoms with Crippen LogP contribution < -0.4 is 10.6 Å². The Morgan fingerprint density at radius 2 is 1.88 bits per heavy atom. The van der Waals surface area contributed by atoms with E-state index in [4.69, 9.17) is 5.11 Å². The van der Waals surface area contributed by atoms with Crippen LogP contribution in [0.1, 0.15) is 15.9 Å². The van der Waals surface area contributed by atoms with Crippen molar-refractivity contribution in [3.05, 3.63) is 59.2 Å². The summed E-state index contributed by atoms with van der Waals surface area (Å²) in [6.07, 6.45) is 0. The van der Waals surface area contributed by atoms with Crippen molar-refractivity contribution in [2.45, 2.75) is 13.0 Å². The fourth-order valence-corrected chi connectivity index (χ4v) is 2.84. The highest BCUT2D eigenvalue weighted by Gasteiger charge is 2.32. The van der Waals surface area contributed by atoms with Gasteiger partial charge in [0, 0.05) is 31.4 Å². The topological polar surface area (TPSA) is 64.6 Å². The van der Waals surface area contributed by atoms with Gasteiger partial charge >= 0.3 is 0 Å². The third kappa shape index (κ3) is 3.84. The molecule has 138 valence electrons. The molecule has 1 aliphatic rings. The first-order valence-electron chi connectivity index (χ1n) is 8.45. The number of carbonyl (C=O) groups is 1. The number of carbonyl (C=O) groups excluding carboxylic acids is 1. The standard InChI is InChI=1S/C19H21F2N3O2/c1-12-2-4-13(5-3-12)23-18-15(6-7-16(20)17(18)21)19(26)24-10-14(11-24)22-8-9-25/h2-7,14,22-23,25H,8-11H2,1H3. The molecule has 0 atom stereocenters. The summed E-state index contributed by atoms with van der Waals surface area (Å²) in [4.78, 5) is 14.3. The summed E-state index contributed by atoms with van der Waals surface area (Å²) < 4.78 is 28.1. The van der Waals surface area contributed by atoms with Gasteiger partial charge in [-0.3, -0.25) is 4.79 Å². The molecular weight excluding hydrogens is 340 g/mol. The van der Waals surface area contributed by atoms with Crippen molar-refractivity contribution >= 4 is 17.3 Å². The molecule has 1 fully saturated rings. The fourth-order valence-electron chi connectivity index (χ4n) is 2.84. The Hall–Kier alpha value is -2.51. The summed E-state index contributed by atoms with van der Waals surface area (Å²) in [6, 6.07) is 9.53. The van der Waals surface area contributed by atoms with Crippen LogP contribution in [0.15, 0.2) is 36.4 Å². The van der Waals surface area contributed by atoms with E-state index in [1.807, 2.05) is 19.1 Å². The van der Waals surface area contributed by atoms with E-state index in [9.17, 15) is 13.6 Å². The van der Waals surface area contributed by atoms with Gasteiger partial charge in [0.25, 0.3) is 5.91 Å². The van der Waals surface area contributed by atoms with Gasteiger partial charge in [-0.05, 0) is 31.2 Å². The van der Waals surface area contributed by atoms with E-state index in [0.717, 1.165) is 11.6 Å². The van der Waals surface area contributed by atoms with Gasteiger partial charge in [0.15, 0.2) is 11.6 Å². The Balaban J connectivity index is 1.80. The molecule has 3 N–H and O–H groups in total. The van der Waals surface area contributed by atoms with Crippen molar-refractivity contribution in [3.8, 4) is 0 Å². The molecule has 0 unspecified atom stereocenters. The molecule has 0 aromatic heterocycles. The Kier molecular flexibility index (Phi) is 5.49. The van der Waals surface area contributed by atoms with Gasteiger partial charge in [-0.2, -0.15) is 0 Å². The molecule has 0 saturated carbocycles. The number of likely N-dealkylation sites (tertiary alicyclic amines) is 1. The highest BCUT2D eigenvalue weighted by molar-refractivity contribution is 6.01. The average Bonchev–Trinajstić information content (AvgIpc) is 2.59. The zero-order valence-electron chi connectivity index (χ0n) is 14.4. The molecule has 5 nitrogen and oxygen atoms in total. The largest absolute Gasteiger partial charge is 0.395 e. The summed E-state index contributed by atoms with van der Waals surface area (Å²) in [5.41, 5.74) is 1.53. The number of anilines is 2. The second-order valence-electron chi connectivity index (χ2n) is 6.36. The smallest absolute Gasteiger partial charge is 0.256 e. The van der Waals surface area contributed by atoms with Crippen molar-refractivity contribution in [1.82, 2.24) is 10.2 Å². The second kappa shape index (κ2) is 7.80. The first-order valence-corrected chi connectivity index (χ1v) is 8.45. The minimum atomic E-state index is -1.08. The number of nitrogens with zero attached hydrogens (tertiary/aromatic N) is 1. The molecular formula is C19H21F2N3O2. The van der Waals surface area contributed by atoms with Crippen LogP contribution in [0.4, 0.5) is 20.2 Å². The number of rotatable bonds is 6. The van der Waals surface area contributed by atoms with Crippen molar-refractivity contribution in [2.24, 2.45) is 0 Å². The normalized spacial score (nSPS) is 14.2. The molecule has 0 aliphatic carbocycles. The summed E-state index contributed by atoms with van der Waals surface area (Å²) in [7, 11) is 0. The number of aliphatic hydroxyl groups is 1. The summed E-state index contributed by atoms with van der Waals surface area (Å²) in [5.74, 6) is -2.45. The van der Waals surface area contributed by atoms with Crippen LogP contribution in [0.5, 0.6) is 0 Å². The monoisotopic (exact) mass is 361 g/mol. The number of benzene rings is 2. The molecule has 3 rings (SSSR count). The van der Waals surface area contributed by atoms with Crippen LogP contribution in [-0.4, -0.2) is 48.2 Å². The maximum absolute atomic E-state index is 14.4. The molecule has 7 heteroatoms. The lowest BCUT2D eigenvalue weighted by Gasteiger charge is -2.40. The molecule has 2 aromatic carbocycles. The van der Waals surface area contributed by atoms with E-state index in [0.29, 0.717) is 25.3 Å². The maximum atomic E-state index is 14.4. The molecule has 1 saturated heterocycles. The van der Waals surface area contributed by atoms with Gasteiger partial charge < -0.3 is 20.6 Å². The van der Waals surface area contributed by atoms with Crippen LogP contribution in [0.2, 0.25) is 0 Å². The highest BCUT2D eigenvalue weighted by Crippen LogP contribution is 2.28. The van der Waals surface area contributed by atoms with Crippen molar-refractivity contribution in [1.29, 1.82) is 0 Å². The highest BCUT2D eigenvalue weighted by atomic mass is 19.2. The third-order valence-electron chi connectivity index (χ3n) is 4.36. The van der Waals surface area contributed by atoms with Crippen molar-refractivity contribution in [2.75, 3.05) is 31.6 Å². The number of hydrogen-bond acceptors (Lipinski definition) is 4. The third-order valence-corrected chi connectivity index (χ3v) is 4.36. The molecule has 1 heterocycles. The van der Waals surface area contributed by atoms with Crippen molar-refractivity contribution < 1.29 is 18.7 Å². The molecule has 0 radical (unpaired) electrons. The Bertz CT molecular complexity index is 790. The van der Waals surface area contributed by atoms with Gasteiger partial charge in [0.2, 0.25) is 0 Å². The number of hydrogen-bond donors (Lipinski definition) is 3. The molecule has 0 bridgehead atoms. The summed E-state index contributed by atoms with van der Waals surface area (Å²) >= 11 is 0. The maximum Gasteiger partial charge on any atom is 0.256 e. The fraction of sp³-hybridized carbons (Fsp3) is 0.316. The molecule has 1 aliphatic heterocycles. The van der Waals surface area contributed by atoms with E-state index in [1.165, 1.54) is 6.07 Å². The predicted molar refractivity (Wildman–Crippen MR) is 95.6 cm³/mol. The summed E-state index contributed by atoms with van der Waals surface area (Å²) in [6.45, 7) is 3.33. The van der Waals surface area contributed by atoms with Gasteiger partial charge in [0.1, 0.15) is 0 Å². The minimum Gasteiger partial charge on any atom is -0.395 e. The lowest BCUT2D eigenvalue weighted by molar-refractivity contribution is 0.0563. The van der Waals surface area contributed by atoms with Gasteiger partial charge in [-0.1, -0.05) is 17.7 Å². The zero-order valence-corrected chi connectivity index (χ0v) is 14.4. The average molecular weight is 361 g/mol. The van der Waals surface area contributed by atoms with Crippen LogP contribution in [0.3, 0.4) is 0 Å². The lowest BCUT2D eigenvalue weighted by atomic mass is 10.0. The predicted octanol–water partition coefficient (Wildman–Crippen LogP) is 2.42. The Labute approximate surface area is 150 Å². The number of halogens is 2. The van der Waals surface area contributed by atoms with Crippen LogP contribution in [0.25, 0.3) is 0 Å². The van der Waals surface area contributed by atoms with Crippen molar-refractivity contribution in [3.63, 3.8) is 0 Å². The Morgan fingerprint density at radius 1 is 1.19 bits per heavy atom. The van der Waals surface area contributed by atoms with E-state index in [-0.39, 0.29) is 29.8 Å². The van der Waals surface area contributed by atoms with Gasteiger partial charge in [-0.25, -0.2) is 8.78 Å². The first kappa shape index (κ1) is 18.3. The van der Waals surface area contributed by atoms with Crippen LogP contribution in [-0.2, 0) is 0 Å². The quantitative estimate of drug-likeness (QED) is 0.739. The van der Waals surface area contributed by atoms with E-state index < -0.39 is 11.6 Å².